The molecule has 0 radical (unpaired) electrons. The molecule has 0 aromatic rings. The third kappa shape index (κ3) is 15.4. The molecule has 0 N–H and O–H groups in total. The molecule has 6 unspecified atom stereocenters. The van der Waals surface area contributed by atoms with Crippen molar-refractivity contribution in [3.05, 3.63) is 0 Å². The van der Waals surface area contributed by atoms with Gasteiger partial charge in [-0.1, -0.05) is 0 Å². The molecule has 0 spiro atoms. The summed E-state index contributed by atoms with van der Waals surface area (Å²) in [6, 6.07) is 0. The number of hydrogen-bond donors (Lipinski definition) is 0. The second-order valence-electron chi connectivity index (χ2n) is 15.3. The summed E-state index contributed by atoms with van der Waals surface area (Å²) < 4.78 is 367. The molecule has 2 aliphatic rings. The zero-order valence-electron chi connectivity index (χ0n) is 32.1. The van der Waals surface area contributed by atoms with E-state index in [2.05, 4.69) is 28.4 Å². The summed E-state index contributed by atoms with van der Waals surface area (Å²) in [7, 11) is -18.8. The quantitative estimate of drug-likeness (QED) is 0.0588. The highest BCUT2D eigenvalue weighted by atomic mass is 28.5. The van der Waals surface area contributed by atoms with Crippen LogP contribution in [0, 0.1) is 0 Å². The van der Waals surface area contributed by atoms with E-state index in [0.29, 0.717) is 13.1 Å². The first-order valence-electron chi connectivity index (χ1n) is 16.2. The molecule has 2 saturated carbocycles. The van der Waals surface area contributed by atoms with Gasteiger partial charge in [0.1, 0.15) is 0 Å². The van der Waals surface area contributed by atoms with Gasteiger partial charge in [0.2, 0.25) is 0 Å². The zero-order valence-corrected chi connectivity index (χ0v) is 36.1. The summed E-state index contributed by atoms with van der Waals surface area (Å²) in [5, 5.41) is 0. The molecule has 2 aliphatic carbocycles. The third-order valence-electron chi connectivity index (χ3n) is 7.46. The Morgan fingerprint density at radius 2 is 0.571 bits per heavy atom. The molecule has 0 saturated heterocycles. The van der Waals surface area contributed by atoms with E-state index in [9.17, 15) is 96.6 Å². The van der Waals surface area contributed by atoms with Crippen LogP contribution in [0.5, 0.6) is 0 Å². The minimum absolute atomic E-state index is 0.393. The molecular weight excluding hydrogens is 1030 g/mol. The van der Waals surface area contributed by atoms with Gasteiger partial charge in [0, 0.05) is 12.8 Å². The molecule has 6 atom stereocenters. The monoisotopic (exact) mass is 1060 g/mol. The van der Waals surface area contributed by atoms with Crippen LogP contribution < -0.4 is 0 Å². The van der Waals surface area contributed by atoms with Gasteiger partial charge in [-0.05, 0) is 52.4 Å². The molecule has 0 heterocycles. The largest absolute Gasteiger partial charge is 0.529 e. The maximum absolute atomic E-state index is 16.3. The van der Waals surface area contributed by atoms with Gasteiger partial charge in [-0.2, -0.15) is 9.47 Å². The normalized spacial score (nSPS) is 27.6. The van der Waals surface area contributed by atoms with E-state index >= 15 is 8.78 Å². The number of alkyl halides is 24. The SMILES string of the molecule is C[Si](C)(C)O[Si](C)(O[Si](C)(O[Si](C)(C)C)C1CC(F)(F)C1(F)OC(F)(F)OC(F)(F)OC(F)(F)OC(F)(F)F)C1CC(F)(F)C1(F)OC(F)(F)OC(F)(F)OC(F)(F)OC(F)(F)F. The van der Waals surface area contributed by atoms with E-state index < -0.39 is 132 Å². The second kappa shape index (κ2) is 16.8. The summed E-state index contributed by atoms with van der Waals surface area (Å²) in [5.74, 6) is -21.9. The van der Waals surface area contributed by atoms with Crippen LogP contribution in [0.4, 0.5) is 105 Å². The second-order valence-corrected chi connectivity index (χ2v) is 31.6. The van der Waals surface area contributed by atoms with E-state index in [1.807, 2.05) is 9.47 Å². The van der Waals surface area contributed by atoms with Crippen molar-refractivity contribution in [1.82, 2.24) is 0 Å². The number of halogens is 24. The Bertz CT molecular complexity index is 1500. The fourth-order valence-corrected chi connectivity index (χ4v) is 25.3. The first-order valence-corrected chi connectivity index (χ1v) is 27.8. The standard InChI is InChI=1S/C24H30F24O11Si4/c1-60(2,3)57-62(7,11-9-13(25,26)15(11,29)49-19(37,38)53-23(45,46)55-21(41,42)51-17(31,32)33)59-63(8,58-61(4,5)6)12-10-14(27,28)16(12,30)50-20(39,40)54-24(47,48)56-22(43,44)52-18(34,35)36/h11-12H,9-10H2,1-8H3. The van der Waals surface area contributed by atoms with Gasteiger partial charge in [-0.25, -0.2) is 45.3 Å². The lowest BCUT2D eigenvalue weighted by Crippen LogP contribution is -2.77. The van der Waals surface area contributed by atoms with Crippen molar-refractivity contribution < 1.29 is 156 Å². The van der Waals surface area contributed by atoms with Crippen LogP contribution in [0.3, 0.4) is 0 Å². The first kappa shape index (κ1) is 57.9. The van der Waals surface area contributed by atoms with Crippen molar-refractivity contribution >= 4 is 33.8 Å². The first-order chi connectivity index (χ1) is 27.0. The van der Waals surface area contributed by atoms with Gasteiger partial charge in [0.05, 0.1) is 11.1 Å². The molecule has 0 aromatic heterocycles. The van der Waals surface area contributed by atoms with Crippen molar-refractivity contribution in [1.29, 1.82) is 0 Å². The molecule has 11 nitrogen and oxygen atoms in total. The van der Waals surface area contributed by atoms with Crippen LogP contribution in [-0.4, -0.2) is 108 Å². The van der Waals surface area contributed by atoms with Crippen LogP contribution in [0.25, 0.3) is 0 Å². The Morgan fingerprint density at radius 3 is 0.778 bits per heavy atom. The Kier molecular flexibility index (Phi) is 15.4. The maximum Gasteiger partial charge on any atom is 0.529 e. The summed E-state index contributed by atoms with van der Waals surface area (Å²) in [6.45, 7) is 7.20. The van der Waals surface area contributed by atoms with Crippen molar-refractivity contribution in [3.63, 3.8) is 0 Å². The Labute approximate surface area is 340 Å². The minimum Gasteiger partial charge on any atom is -0.436 e. The molecule has 0 aliphatic heterocycles. The fraction of sp³-hybridized carbons (Fsp3) is 1.00. The Morgan fingerprint density at radius 1 is 0.349 bits per heavy atom. The summed E-state index contributed by atoms with van der Waals surface area (Å²) in [4.78, 5) is 0. The molecule has 0 bridgehead atoms. The summed E-state index contributed by atoms with van der Waals surface area (Å²) in [5.41, 5.74) is -6.39. The van der Waals surface area contributed by atoms with E-state index in [-0.39, 0.29) is 0 Å². The molecule has 0 aromatic carbocycles. The molecule has 39 heteroatoms. The number of rotatable bonds is 22. The van der Waals surface area contributed by atoms with Crippen molar-refractivity contribution in [2.24, 2.45) is 0 Å². The third-order valence-corrected chi connectivity index (χ3v) is 22.5. The molecule has 63 heavy (non-hydrogen) atoms. The van der Waals surface area contributed by atoms with Gasteiger partial charge in [-0.3, -0.25) is 9.47 Å². The van der Waals surface area contributed by atoms with Crippen LogP contribution in [0.1, 0.15) is 12.8 Å². The smallest absolute Gasteiger partial charge is 0.436 e. The van der Waals surface area contributed by atoms with E-state index in [1.165, 1.54) is 0 Å². The van der Waals surface area contributed by atoms with E-state index in [0.717, 1.165) is 39.3 Å². The molecule has 376 valence electrons. The predicted octanol–water partition coefficient (Wildman–Crippen LogP) is 11.5. The summed E-state index contributed by atoms with van der Waals surface area (Å²) >= 11 is 0. The lowest BCUT2D eigenvalue weighted by atomic mass is 9.86. The van der Waals surface area contributed by atoms with Crippen molar-refractivity contribution in [3.8, 4) is 0 Å². The number of ether oxygens (including phenoxy) is 8. The average Bonchev–Trinajstić information content (AvgIpc) is 2.86. The van der Waals surface area contributed by atoms with E-state index in [4.69, 9.17) is 12.3 Å². The van der Waals surface area contributed by atoms with Crippen molar-refractivity contribution in [2.75, 3.05) is 0 Å². The molecule has 0 amide bonds. The van der Waals surface area contributed by atoms with Crippen LogP contribution in [0.2, 0.25) is 63.5 Å². The van der Waals surface area contributed by atoms with Gasteiger partial charge in [0.15, 0.2) is 16.6 Å². The predicted molar refractivity (Wildman–Crippen MR) is 158 cm³/mol. The fourth-order valence-electron chi connectivity index (χ4n) is 5.88. The number of hydrogen-bond acceptors (Lipinski definition) is 11. The minimum atomic E-state index is -6.76. The molecule has 2 rings (SSSR count). The van der Waals surface area contributed by atoms with Crippen LogP contribution >= 0.6 is 0 Å². The van der Waals surface area contributed by atoms with Gasteiger partial charge in [-0.15, -0.1) is 79.0 Å². The van der Waals surface area contributed by atoms with E-state index in [1.54, 1.807) is 0 Å². The molecule has 2 fully saturated rings. The van der Waals surface area contributed by atoms with Crippen molar-refractivity contribution in [2.45, 2.75) is 150 Å². The zero-order chi connectivity index (χ0) is 50.3. The Balaban J connectivity index is 2.66. The average molecular weight is 1060 g/mol. The van der Waals surface area contributed by atoms with Crippen LogP contribution in [0.15, 0.2) is 0 Å². The van der Waals surface area contributed by atoms with Gasteiger partial charge < -0.3 is 12.3 Å². The highest BCUT2D eigenvalue weighted by Crippen LogP contribution is 2.68. The molecular formula is C24H30F24O11Si4. The van der Waals surface area contributed by atoms with Gasteiger partial charge in [0.25, 0.3) is 11.7 Å². The van der Waals surface area contributed by atoms with Gasteiger partial charge >= 0.3 is 79.5 Å². The summed E-state index contributed by atoms with van der Waals surface area (Å²) in [6.07, 6.45) is -57.5. The highest BCUT2D eigenvalue weighted by Gasteiger charge is 2.84. The lowest BCUT2D eigenvalue weighted by Gasteiger charge is -2.59. The topological polar surface area (TPSA) is 102 Å². The maximum atomic E-state index is 16.3. The van der Waals surface area contributed by atoms with Crippen LogP contribution in [-0.2, 0) is 50.2 Å². The highest BCUT2D eigenvalue weighted by molar-refractivity contribution is 6.91. The lowest BCUT2D eigenvalue weighted by molar-refractivity contribution is -0.614. The Hall–Kier alpha value is -1.25.